The van der Waals surface area contributed by atoms with Gasteiger partial charge in [-0.05, 0) is 40.8 Å². The van der Waals surface area contributed by atoms with Crippen molar-refractivity contribution in [3.63, 3.8) is 0 Å². The molecule has 4 aromatic rings. The van der Waals surface area contributed by atoms with Crippen molar-refractivity contribution in [3.8, 4) is 0 Å². The molecule has 1 atom stereocenters. The van der Waals surface area contributed by atoms with Gasteiger partial charge in [-0.25, -0.2) is 0 Å². The second kappa shape index (κ2) is 8.85. The highest BCUT2D eigenvalue weighted by atomic mass is 15.0. The molecule has 0 aromatic heterocycles. The molecule has 5 rings (SSSR count). The van der Waals surface area contributed by atoms with E-state index in [9.17, 15) is 0 Å². The maximum Gasteiger partial charge on any atom is 0.0722 e. The van der Waals surface area contributed by atoms with Gasteiger partial charge in [0.05, 0.1) is 11.7 Å². The Morgan fingerprint density at radius 1 is 0.710 bits per heavy atom. The van der Waals surface area contributed by atoms with Crippen molar-refractivity contribution in [1.29, 1.82) is 0 Å². The van der Waals surface area contributed by atoms with Crippen LogP contribution in [0.4, 0.5) is 11.4 Å². The van der Waals surface area contributed by atoms with Crippen molar-refractivity contribution in [2.24, 2.45) is 4.99 Å². The number of aliphatic imine (C=N–C) groups is 1. The minimum absolute atomic E-state index is 0.301. The number of nitrogens with zero attached hydrogens (tertiary/aromatic N) is 1. The van der Waals surface area contributed by atoms with Crippen LogP contribution in [0.3, 0.4) is 0 Å². The lowest BCUT2D eigenvalue weighted by Crippen LogP contribution is -2.04. The molecule has 1 heterocycles. The summed E-state index contributed by atoms with van der Waals surface area (Å²) in [5, 5.41) is 3.69. The molecule has 0 bridgehead atoms. The molecule has 2 nitrogen and oxygen atoms in total. The number of hydrogen-bond acceptors (Lipinski definition) is 2. The summed E-state index contributed by atoms with van der Waals surface area (Å²) in [6, 6.07) is 36.0. The number of benzene rings is 4. The first-order valence-corrected chi connectivity index (χ1v) is 10.7. The van der Waals surface area contributed by atoms with Crippen molar-refractivity contribution < 1.29 is 0 Å². The zero-order valence-corrected chi connectivity index (χ0v) is 17.3. The van der Waals surface area contributed by atoms with Crippen LogP contribution in [0.5, 0.6) is 0 Å². The summed E-state index contributed by atoms with van der Waals surface area (Å²) < 4.78 is 0. The molecule has 31 heavy (non-hydrogen) atoms. The van der Waals surface area contributed by atoms with Crippen LogP contribution in [-0.2, 0) is 6.42 Å². The average molecular weight is 401 g/mol. The average Bonchev–Trinajstić information content (AvgIpc) is 3.26. The highest BCUT2D eigenvalue weighted by Crippen LogP contribution is 2.39. The number of nitrogens with one attached hydrogen (secondary N) is 1. The van der Waals surface area contributed by atoms with Gasteiger partial charge in [0.1, 0.15) is 0 Å². The highest BCUT2D eigenvalue weighted by Gasteiger charge is 2.23. The van der Waals surface area contributed by atoms with Gasteiger partial charge in [-0.3, -0.25) is 4.99 Å². The standard InChI is InChI=1S/C29H24N2/c1-4-10-22(11-5-1)16-17-25-18-26-19-28(24-14-8-3-9-15-24)31-29(26)20-27(25)30-21-23-12-6-2-7-13-23/h1-18,20-21,28,31H,19H2/t28-/m1/s1. The summed E-state index contributed by atoms with van der Waals surface area (Å²) in [5.74, 6) is 0. The van der Waals surface area contributed by atoms with E-state index < -0.39 is 0 Å². The second-order valence-corrected chi connectivity index (χ2v) is 7.79. The molecule has 0 saturated carbocycles. The van der Waals surface area contributed by atoms with Crippen molar-refractivity contribution in [3.05, 3.63) is 131 Å². The first-order valence-electron chi connectivity index (χ1n) is 10.7. The van der Waals surface area contributed by atoms with Gasteiger partial charge in [-0.15, -0.1) is 0 Å². The Kier molecular flexibility index (Phi) is 5.44. The smallest absolute Gasteiger partial charge is 0.0722 e. The third-order valence-electron chi connectivity index (χ3n) is 5.62. The molecule has 1 aliphatic rings. The van der Waals surface area contributed by atoms with Gasteiger partial charge in [-0.1, -0.05) is 103 Å². The Morgan fingerprint density at radius 3 is 2.06 bits per heavy atom. The lowest BCUT2D eigenvalue weighted by Gasteiger charge is -2.11. The van der Waals surface area contributed by atoms with E-state index in [-0.39, 0.29) is 0 Å². The fourth-order valence-corrected chi connectivity index (χ4v) is 3.98. The van der Waals surface area contributed by atoms with Crippen molar-refractivity contribution in [2.45, 2.75) is 12.5 Å². The van der Waals surface area contributed by atoms with E-state index in [0.29, 0.717) is 6.04 Å². The fraction of sp³-hybridized carbons (Fsp3) is 0.0690. The number of rotatable bonds is 5. The van der Waals surface area contributed by atoms with Gasteiger partial charge in [0, 0.05) is 17.5 Å². The molecular formula is C29H24N2. The van der Waals surface area contributed by atoms with Gasteiger partial charge < -0.3 is 5.32 Å². The molecular weight excluding hydrogens is 376 g/mol. The maximum absolute atomic E-state index is 4.85. The molecule has 0 radical (unpaired) electrons. The largest absolute Gasteiger partial charge is 0.378 e. The molecule has 1 N–H and O–H groups in total. The maximum atomic E-state index is 4.85. The van der Waals surface area contributed by atoms with Crippen LogP contribution in [0.2, 0.25) is 0 Å². The fourth-order valence-electron chi connectivity index (χ4n) is 3.98. The van der Waals surface area contributed by atoms with E-state index in [2.05, 4.69) is 96.3 Å². The molecule has 0 amide bonds. The SMILES string of the molecule is C(=Cc1cc2c(cc1N=Cc1ccccc1)N[C@@H](c1ccccc1)C2)c1ccccc1. The molecule has 0 aliphatic carbocycles. The molecule has 4 aromatic carbocycles. The van der Waals surface area contributed by atoms with E-state index in [1.165, 1.54) is 22.4 Å². The molecule has 2 heteroatoms. The summed E-state index contributed by atoms with van der Waals surface area (Å²) >= 11 is 0. The first kappa shape index (κ1) is 19.1. The zero-order valence-electron chi connectivity index (χ0n) is 17.3. The van der Waals surface area contributed by atoms with Crippen LogP contribution in [0, 0.1) is 0 Å². The van der Waals surface area contributed by atoms with E-state index in [4.69, 9.17) is 4.99 Å². The Balaban J connectivity index is 1.50. The van der Waals surface area contributed by atoms with Crippen LogP contribution in [0.15, 0.2) is 108 Å². The van der Waals surface area contributed by atoms with Crippen LogP contribution in [-0.4, -0.2) is 6.21 Å². The van der Waals surface area contributed by atoms with Crippen molar-refractivity contribution >= 4 is 29.7 Å². The Labute approximate surface area is 183 Å². The molecule has 0 fully saturated rings. The topological polar surface area (TPSA) is 24.4 Å². The molecule has 0 unspecified atom stereocenters. The van der Waals surface area contributed by atoms with Gasteiger partial charge in [0.2, 0.25) is 0 Å². The van der Waals surface area contributed by atoms with Crippen LogP contribution < -0.4 is 5.32 Å². The molecule has 150 valence electrons. The minimum atomic E-state index is 0.301. The van der Waals surface area contributed by atoms with Crippen LogP contribution >= 0.6 is 0 Å². The summed E-state index contributed by atoms with van der Waals surface area (Å²) in [4.78, 5) is 4.85. The molecule has 0 saturated heterocycles. The Bertz CT molecular complexity index is 1130. The van der Waals surface area contributed by atoms with Crippen LogP contribution in [0.1, 0.15) is 33.9 Å². The summed E-state index contributed by atoms with van der Waals surface area (Å²) in [5.41, 5.74) is 8.19. The Hall–Kier alpha value is -3.91. The first-order chi connectivity index (χ1) is 15.3. The van der Waals surface area contributed by atoms with E-state index in [1.807, 2.05) is 30.5 Å². The lowest BCUT2D eigenvalue weighted by atomic mass is 10.0. The zero-order chi connectivity index (χ0) is 20.9. The monoisotopic (exact) mass is 400 g/mol. The van der Waals surface area contributed by atoms with E-state index >= 15 is 0 Å². The number of anilines is 1. The molecule has 0 spiro atoms. The normalized spacial score (nSPS) is 15.3. The highest BCUT2D eigenvalue weighted by molar-refractivity contribution is 5.86. The van der Waals surface area contributed by atoms with Gasteiger partial charge in [-0.2, -0.15) is 0 Å². The lowest BCUT2D eigenvalue weighted by molar-refractivity contribution is 0.824. The van der Waals surface area contributed by atoms with Gasteiger partial charge >= 0.3 is 0 Å². The predicted molar refractivity (Wildman–Crippen MR) is 132 cm³/mol. The van der Waals surface area contributed by atoms with Gasteiger partial charge in [0.15, 0.2) is 0 Å². The number of fused-ring (bicyclic) bond motifs is 1. The minimum Gasteiger partial charge on any atom is -0.378 e. The molecule has 1 aliphatic heterocycles. The summed E-state index contributed by atoms with van der Waals surface area (Å²) in [6.07, 6.45) is 7.24. The summed E-state index contributed by atoms with van der Waals surface area (Å²) in [6.45, 7) is 0. The third kappa shape index (κ3) is 4.49. The van der Waals surface area contributed by atoms with Crippen LogP contribution in [0.25, 0.3) is 12.2 Å². The van der Waals surface area contributed by atoms with Crippen molar-refractivity contribution in [2.75, 3.05) is 5.32 Å². The Morgan fingerprint density at radius 2 is 1.35 bits per heavy atom. The predicted octanol–water partition coefficient (Wildman–Crippen LogP) is 7.32. The quantitative estimate of drug-likeness (QED) is 0.275. The van der Waals surface area contributed by atoms with E-state index in [1.54, 1.807) is 0 Å². The van der Waals surface area contributed by atoms with Crippen molar-refractivity contribution in [1.82, 2.24) is 0 Å². The van der Waals surface area contributed by atoms with Gasteiger partial charge in [0.25, 0.3) is 0 Å². The van der Waals surface area contributed by atoms with E-state index in [0.717, 1.165) is 23.2 Å². The number of hydrogen-bond donors (Lipinski definition) is 1. The third-order valence-corrected chi connectivity index (χ3v) is 5.62. The summed E-state index contributed by atoms with van der Waals surface area (Å²) in [7, 11) is 0. The second-order valence-electron chi connectivity index (χ2n) is 7.79.